The van der Waals surface area contributed by atoms with E-state index in [1.807, 2.05) is 60.4 Å². The molecule has 156 valence electrons. The van der Waals surface area contributed by atoms with Crippen LogP contribution in [0.25, 0.3) is 0 Å². The number of nitrogens with zero attached hydrogens (tertiary/aromatic N) is 2. The van der Waals surface area contributed by atoms with Gasteiger partial charge < -0.3 is 5.32 Å². The molecule has 2 aromatic carbocycles. The molecule has 30 heavy (non-hydrogen) atoms. The topological polar surface area (TPSA) is 81.8 Å². The van der Waals surface area contributed by atoms with Gasteiger partial charge in [0.15, 0.2) is 0 Å². The smallest absolute Gasteiger partial charge is 0.318 e. The molecule has 7 heteroatoms. The van der Waals surface area contributed by atoms with Crippen LogP contribution in [-0.2, 0) is 21.7 Å². The van der Waals surface area contributed by atoms with Crippen LogP contribution in [0, 0.1) is 0 Å². The zero-order valence-electron chi connectivity index (χ0n) is 17.0. The molecule has 0 radical (unpaired) electrons. The lowest BCUT2D eigenvalue weighted by Crippen LogP contribution is -2.51. The van der Waals surface area contributed by atoms with Gasteiger partial charge in [-0.1, -0.05) is 73.7 Å². The number of imide groups is 1. The SMILES string of the molecule is C=CCN(CC(=O)NN1C(=O)NC(CC)(c2ccccc2)C1=O)Cc1ccccc1. The molecule has 4 amide bonds. The van der Waals surface area contributed by atoms with E-state index in [1.54, 1.807) is 18.2 Å². The second-order valence-corrected chi connectivity index (χ2v) is 7.17. The van der Waals surface area contributed by atoms with Crippen molar-refractivity contribution in [1.29, 1.82) is 0 Å². The Labute approximate surface area is 176 Å². The lowest BCUT2D eigenvalue weighted by molar-refractivity contribution is -0.139. The van der Waals surface area contributed by atoms with E-state index in [0.29, 0.717) is 25.1 Å². The van der Waals surface area contributed by atoms with E-state index < -0.39 is 23.4 Å². The maximum atomic E-state index is 13.1. The third-order valence-electron chi connectivity index (χ3n) is 5.13. The van der Waals surface area contributed by atoms with Gasteiger partial charge in [-0.3, -0.25) is 19.9 Å². The number of benzene rings is 2. The van der Waals surface area contributed by atoms with E-state index in [9.17, 15) is 14.4 Å². The van der Waals surface area contributed by atoms with Gasteiger partial charge in [-0.15, -0.1) is 6.58 Å². The molecule has 3 rings (SSSR count). The third kappa shape index (κ3) is 4.41. The normalized spacial score (nSPS) is 18.4. The monoisotopic (exact) mass is 406 g/mol. The molecule has 1 heterocycles. The van der Waals surface area contributed by atoms with E-state index in [1.165, 1.54) is 0 Å². The van der Waals surface area contributed by atoms with Gasteiger partial charge in [0.25, 0.3) is 11.8 Å². The first kappa shape index (κ1) is 21.3. The molecule has 1 aliphatic rings. The first-order chi connectivity index (χ1) is 14.5. The molecule has 1 aliphatic heterocycles. The van der Waals surface area contributed by atoms with Crippen molar-refractivity contribution in [3.63, 3.8) is 0 Å². The van der Waals surface area contributed by atoms with Gasteiger partial charge >= 0.3 is 6.03 Å². The molecule has 0 aromatic heterocycles. The van der Waals surface area contributed by atoms with Crippen molar-refractivity contribution in [2.45, 2.75) is 25.4 Å². The number of hydrogen-bond acceptors (Lipinski definition) is 4. The Morgan fingerprint density at radius 2 is 1.77 bits per heavy atom. The highest BCUT2D eigenvalue weighted by Crippen LogP contribution is 2.31. The first-order valence-corrected chi connectivity index (χ1v) is 9.89. The maximum Gasteiger partial charge on any atom is 0.344 e. The first-order valence-electron chi connectivity index (χ1n) is 9.89. The largest absolute Gasteiger partial charge is 0.344 e. The van der Waals surface area contributed by atoms with Gasteiger partial charge in [0.1, 0.15) is 5.54 Å². The molecule has 2 N–H and O–H groups in total. The van der Waals surface area contributed by atoms with E-state index in [-0.39, 0.29) is 6.54 Å². The van der Waals surface area contributed by atoms with E-state index in [4.69, 9.17) is 0 Å². The fraction of sp³-hybridized carbons (Fsp3) is 0.261. The molecule has 0 spiro atoms. The molecule has 2 aromatic rings. The van der Waals surface area contributed by atoms with Crippen LogP contribution in [0.3, 0.4) is 0 Å². The number of nitrogens with one attached hydrogen (secondary N) is 2. The standard InChI is InChI=1S/C23H26N4O3/c1-3-15-26(16-18-11-7-5-8-12-18)17-20(28)25-27-21(29)23(4-2,24-22(27)30)19-13-9-6-10-14-19/h3,5-14H,1,4,15-17H2,2H3,(H,24,30)(H,25,28). The number of amides is 4. The van der Waals surface area contributed by atoms with Crippen LogP contribution < -0.4 is 10.7 Å². The van der Waals surface area contributed by atoms with Crippen molar-refractivity contribution in [2.75, 3.05) is 13.1 Å². The van der Waals surface area contributed by atoms with Crippen molar-refractivity contribution in [2.24, 2.45) is 0 Å². The zero-order valence-corrected chi connectivity index (χ0v) is 17.0. The second-order valence-electron chi connectivity index (χ2n) is 7.17. The van der Waals surface area contributed by atoms with Crippen molar-refractivity contribution in [3.05, 3.63) is 84.4 Å². The van der Waals surface area contributed by atoms with Crippen LogP contribution >= 0.6 is 0 Å². The van der Waals surface area contributed by atoms with E-state index in [0.717, 1.165) is 10.6 Å². The average Bonchev–Trinajstić information content (AvgIpc) is 3.00. The summed E-state index contributed by atoms with van der Waals surface area (Å²) >= 11 is 0. The van der Waals surface area contributed by atoms with Crippen molar-refractivity contribution >= 4 is 17.8 Å². The number of hydrogen-bond donors (Lipinski definition) is 2. The Bertz CT molecular complexity index is 917. The summed E-state index contributed by atoms with van der Waals surface area (Å²) in [5, 5.41) is 3.53. The Morgan fingerprint density at radius 3 is 2.37 bits per heavy atom. The Hall–Kier alpha value is -3.45. The highest BCUT2D eigenvalue weighted by molar-refractivity contribution is 6.08. The molecule has 1 fully saturated rings. The van der Waals surface area contributed by atoms with Crippen LogP contribution in [-0.4, -0.2) is 40.8 Å². The van der Waals surface area contributed by atoms with Gasteiger partial charge in [0, 0.05) is 13.1 Å². The number of rotatable bonds is 9. The Balaban J connectivity index is 1.70. The molecular formula is C23H26N4O3. The summed E-state index contributed by atoms with van der Waals surface area (Å²) in [6, 6.07) is 18.1. The highest BCUT2D eigenvalue weighted by Gasteiger charge is 2.52. The van der Waals surface area contributed by atoms with Gasteiger partial charge in [0.05, 0.1) is 6.54 Å². The summed E-state index contributed by atoms with van der Waals surface area (Å²) in [6.45, 7) is 6.61. The summed E-state index contributed by atoms with van der Waals surface area (Å²) < 4.78 is 0. The van der Waals surface area contributed by atoms with Crippen molar-refractivity contribution in [3.8, 4) is 0 Å². The van der Waals surface area contributed by atoms with Crippen LogP contribution in [0.5, 0.6) is 0 Å². The van der Waals surface area contributed by atoms with Crippen molar-refractivity contribution < 1.29 is 14.4 Å². The van der Waals surface area contributed by atoms with Crippen molar-refractivity contribution in [1.82, 2.24) is 20.7 Å². The summed E-state index contributed by atoms with van der Waals surface area (Å²) in [7, 11) is 0. The minimum atomic E-state index is -1.18. The highest BCUT2D eigenvalue weighted by atomic mass is 16.2. The van der Waals surface area contributed by atoms with Crippen LogP contribution in [0.1, 0.15) is 24.5 Å². The van der Waals surface area contributed by atoms with E-state index >= 15 is 0 Å². The van der Waals surface area contributed by atoms with Gasteiger partial charge in [-0.05, 0) is 17.5 Å². The molecular weight excluding hydrogens is 380 g/mol. The maximum absolute atomic E-state index is 13.1. The number of urea groups is 1. The number of hydrazine groups is 1. The Morgan fingerprint density at radius 1 is 1.13 bits per heavy atom. The minimum absolute atomic E-state index is 0.0163. The predicted octanol–water partition coefficient (Wildman–Crippen LogP) is 2.56. The van der Waals surface area contributed by atoms with Gasteiger partial charge in [-0.2, -0.15) is 5.01 Å². The fourth-order valence-electron chi connectivity index (χ4n) is 3.61. The number of carbonyl (C=O) groups excluding carboxylic acids is 3. The summed E-state index contributed by atoms with van der Waals surface area (Å²) in [5.41, 5.74) is 3.02. The average molecular weight is 406 g/mol. The predicted molar refractivity (Wildman–Crippen MR) is 114 cm³/mol. The molecule has 1 unspecified atom stereocenters. The quantitative estimate of drug-likeness (QED) is 0.495. The second kappa shape index (κ2) is 9.37. The molecule has 0 bridgehead atoms. The lowest BCUT2D eigenvalue weighted by atomic mass is 9.87. The Kier molecular flexibility index (Phi) is 6.64. The zero-order chi connectivity index (χ0) is 21.6. The fourth-order valence-corrected chi connectivity index (χ4v) is 3.61. The van der Waals surface area contributed by atoms with Gasteiger partial charge in [-0.25, -0.2) is 4.79 Å². The summed E-state index contributed by atoms with van der Waals surface area (Å²) in [6.07, 6.45) is 2.08. The minimum Gasteiger partial charge on any atom is -0.318 e. The molecule has 0 saturated carbocycles. The van der Waals surface area contributed by atoms with Crippen LogP contribution in [0.15, 0.2) is 73.3 Å². The van der Waals surface area contributed by atoms with Gasteiger partial charge in [0.2, 0.25) is 0 Å². The third-order valence-corrected chi connectivity index (χ3v) is 5.13. The van der Waals surface area contributed by atoms with Crippen LogP contribution in [0.4, 0.5) is 4.79 Å². The lowest BCUT2D eigenvalue weighted by Gasteiger charge is -2.26. The van der Waals surface area contributed by atoms with Crippen LogP contribution in [0.2, 0.25) is 0 Å². The molecule has 1 saturated heterocycles. The molecule has 0 aliphatic carbocycles. The number of carbonyl (C=O) groups is 3. The molecule has 7 nitrogen and oxygen atoms in total. The summed E-state index contributed by atoms with van der Waals surface area (Å²) in [5.74, 6) is -0.941. The summed E-state index contributed by atoms with van der Waals surface area (Å²) in [4.78, 5) is 40.1. The molecule has 1 atom stereocenters. The van der Waals surface area contributed by atoms with E-state index in [2.05, 4.69) is 17.3 Å².